The molecule has 0 bridgehead atoms. The third kappa shape index (κ3) is 3.49. The van der Waals surface area contributed by atoms with Crippen LogP contribution in [0.3, 0.4) is 0 Å². The molecule has 4 atom stereocenters. The number of nitrogens with two attached hydrogens (primary N) is 1. The van der Waals surface area contributed by atoms with Crippen molar-refractivity contribution in [1.29, 1.82) is 0 Å². The fourth-order valence-corrected chi connectivity index (χ4v) is 5.45. The summed E-state index contributed by atoms with van der Waals surface area (Å²) in [4.78, 5) is 0. The molecular formula is C19H33F2N. The molecule has 2 N–H and O–H groups in total. The molecule has 22 heavy (non-hydrogen) atoms. The maximum Gasteiger partial charge on any atom is 0.134 e. The van der Waals surface area contributed by atoms with Crippen LogP contribution in [0, 0.1) is 29.6 Å². The van der Waals surface area contributed by atoms with Crippen molar-refractivity contribution < 1.29 is 8.78 Å². The third-order valence-corrected chi connectivity index (χ3v) is 7.04. The van der Waals surface area contributed by atoms with Gasteiger partial charge >= 0.3 is 0 Å². The molecule has 3 aliphatic rings. The lowest BCUT2D eigenvalue weighted by Gasteiger charge is -2.44. The van der Waals surface area contributed by atoms with E-state index in [9.17, 15) is 8.78 Å². The van der Waals surface area contributed by atoms with Crippen LogP contribution in [-0.4, -0.2) is 18.4 Å². The summed E-state index contributed by atoms with van der Waals surface area (Å²) in [7, 11) is 0. The van der Waals surface area contributed by atoms with Gasteiger partial charge in [-0.15, -0.1) is 0 Å². The van der Waals surface area contributed by atoms with Crippen LogP contribution in [-0.2, 0) is 0 Å². The SMILES string of the molecule is CC1CCC(C2CCC(C3CCC(N)CC3)C(F)C2F)CC1. The Labute approximate surface area is 134 Å². The first kappa shape index (κ1) is 16.7. The van der Waals surface area contributed by atoms with Gasteiger partial charge in [0.2, 0.25) is 0 Å². The van der Waals surface area contributed by atoms with Crippen molar-refractivity contribution in [3.05, 3.63) is 0 Å². The fraction of sp³-hybridized carbons (Fsp3) is 1.00. The summed E-state index contributed by atoms with van der Waals surface area (Å²) in [6.45, 7) is 2.28. The van der Waals surface area contributed by atoms with Crippen LogP contribution in [0.5, 0.6) is 0 Å². The van der Waals surface area contributed by atoms with Gasteiger partial charge in [0.05, 0.1) is 0 Å². The summed E-state index contributed by atoms with van der Waals surface area (Å²) in [5.41, 5.74) is 5.95. The Morgan fingerprint density at radius 1 is 0.636 bits per heavy atom. The highest BCUT2D eigenvalue weighted by Crippen LogP contribution is 2.47. The highest BCUT2D eigenvalue weighted by molar-refractivity contribution is 4.95. The van der Waals surface area contributed by atoms with E-state index in [-0.39, 0.29) is 17.9 Å². The lowest BCUT2D eigenvalue weighted by atomic mass is 9.64. The molecule has 3 fully saturated rings. The molecule has 0 aromatic heterocycles. The van der Waals surface area contributed by atoms with Crippen molar-refractivity contribution in [2.24, 2.45) is 35.3 Å². The fourth-order valence-electron chi connectivity index (χ4n) is 5.45. The summed E-state index contributed by atoms with van der Waals surface area (Å²) in [5, 5.41) is 0. The van der Waals surface area contributed by atoms with Crippen LogP contribution in [0.4, 0.5) is 8.78 Å². The Balaban J connectivity index is 1.57. The molecule has 128 valence electrons. The Morgan fingerprint density at radius 2 is 1.05 bits per heavy atom. The van der Waals surface area contributed by atoms with Crippen molar-refractivity contribution in [3.63, 3.8) is 0 Å². The minimum atomic E-state index is -1.22. The molecule has 0 spiro atoms. The molecule has 0 radical (unpaired) electrons. The summed E-state index contributed by atoms with van der Waals surface area (Å²) in [6.07, 6.45) is 8.00. The zero-order chi connectivity index (χ0) is 15.7. The van der Waals surface area contributed by atoms with Crippen molar-refractivity contribution in [3.8, 4) is 0 Å². The van der Waals surface area contributed by atoms with Crippen LogP contribution in [0.1, 0.15) is 71.1 Å². The first-order valence-corrected chi connectivity index (χ1v) is 9.60. The average Bonchev–Trinajstić information content (AvgIpc) is 2.52. The van der Waals surface area contributed by atoms with Crippen LogP contribution in [0.25, 0.3) is 0 Å². The Bertz CT molecular complexity index is 311. The summed E-state index contributed by atoms with van der Waals surface area (Å²) >= 11 is 0. The molecule has 1 nitrogen and oxygen atoms in total. The summed E-state index contributed by atoms with van der Waals surface area (Å²) in [6, 6.07) is 0.288. The molecule has 0 amide bonds. The topological polar surface area (TPSA) is 26.0 Å². The maximum atomic E-state index is 14.8. The van der Waals surface area contributed by atoms with Crippen LogP contribution in [0.2, 0.25) is 0 Å². The van der Waals surface area contributed by atoms with Gasteiger partial charge in [0.15, 0.2) is 0 Å². The standard InChI is InChI=1S/C19H33F2N/c1-12-2-4-13(5-3-12)16-10-11-17(19(21)18(16)20)14-6-8-15(22)9-7-14/h12-19H,2-11,22H2,1H3. The maximum absolute atomic E-state index is 14.8. The minimum absolute atomic E-state index is 0.00963. The Kier molecular flexibility index (Phi) is 5.42. The number of hydrogen-bond donors (Lipinski definition) is 1. The van der Waals surface area contributed by atoms with E-state index < -0.39 is 12.3 Å². The second-order valence-corrected chi connectivity index (χ2v) is 8.49. The molecule has 3 saturated carbocycles. The number of alkyl halides is 2. The normalized spacial score (nSPS) is 50.7. The molecule has 0 aliphatic heterocycles. The molecule has 3 heteroatoms. The van der Waals surface area contributed by atoms with Gasteiger partial charge in [-0.2, -0.15) is 0 Å². The van der Waals surface area contributed by atoms with E-state index in [1.54, 1.807) is 0 Å². The van der Waals surface area contributed by atoms with Gasteiger partial charge in [0.1, 0.15) is 12.3 Å². The number of rotatable bonds is 2. The van der Waals surface area contributed by atoms with Gasteiger partial charge < -0.3 is 5.73 Å². The minimum Gasteiger partial charge on any atom is -0.328 e. The Hall–Kier alpha value is -0.180. The van der Waals surface area contributed by atoms with Crippen molar-refractivity contribution in [2.75, 3.05) is 0 Å². The predicted molar refractivity (Wildman–Crippen MR) is 87.1 cm³/mol. The molecule has 0 heterocycles. The van der Waals surface area contributed by atoms with Gasteiger partial charge in [0.25, 0.3) is 0 Å². The van der Waals surface area contributed by atoms with Gasteiger partial charge in [-0.3, -0.25) is 0 Å². The van der Waals surface area contributed by atoms with Crippen molar-refractivity contribution in [2.45, 2.75) is 89.5 Å². The van der Waals surface area contributed by atoms with Gasteiger partial charge in [-0.05, 0) is 81.0 Å². The largest absolute Gasteiger partial charge is 0.328 e. The first-order valence-electron chi connectivity index (χ1n) is 9.60. The molecule has 3 rings (SSSR count). The number of hydrogen-bond acceptors (Lipinski definition) is 1. The summed E-state index contributed by atoms with van der Waals surface area (Å²) < 4.78 is 29.6. The molecular weight excluding hydrogens is 280 g/mol. The highest BCUT2D eigenvalue weighted by Gasteiger charge is 2.46. The quantitative estimate of drug-likeness (QED) is 0.760. The van der Waals surface area contributed by atoms with Crippen LogP contribution in [0.15, 0.2) is 0 Å². The highest BCUT2D eigenvalue weighted by atomic mass is 19.2. The zero-order valence-corrected chi connectivity index (χ0v) is 14.0. The summed E-state index contributed by atoms with van der Waals surface area (Å²) in [5.74, 6) is 1.54. The molecule has 0 saturated heterocycles. The lowest BCUT2D eigenvalue weighted by molar-refractivity contribution is -0.0348. The zero-order valence-electron chi connectivity index (χ0n) is 14.0. The lowest BCUT2D eigenvalue weighted by Crippen LogP contribution is -2.45. The smallest absolute Gasteiger partial charge is 0.134 e. The second-order valence-electron chi connectivity index (χ2n) is 8.49. The van der Waals surface area contributed by atoms with Gasteiger partial charge in [-0.1, -0.05) is 19.8 Å². The molecule has 3 aliphatic carbocycles. The number of halogens is 2. The molecule has 0 aromatic rings. The van der Waals surface area contributed by atoms with Crippen molar-refractivity contribution >= 4 is 0 Å². The van der Waals surface area contributed by atoms with E-state index >= 15 is 0 Å². The Morgan fingerprint density at radius 3 is 1.50 bits per heavy atom. The van der Waals surface area contributed by atoms with E-state index in [0.29, 0.717) is 11.8 Å². The van der Waals surface area contributed by atoms with E-state index in [4.69, 9.17) is 5.73 Å². The van der Waals surface area contributed by atoms with Gasteiger partial charge in [-0.25, -0.2) is 8.78 Å². The van der Waals surface area contributed by atoms with Crippen LogP contribution >= 0.6 is 0 Å². The van der Waals surface area contributed by atoms with E-state index in [0.717, 1.165) is 57.3 Å². The predicted octanol–water partition coefficient (Wildman–Crippen LogP) is 5.03. The molecule has 0 aromatic carbocycles. The molecule has 4 unspecified atom stereocenters. The van der Waals surface area contributed by atoms with E-state index in [2.05, 4.69) is 6.92 Å². The van der Waals surface area contributed by atoms with E-state index in [1.165, 1.54) is 12.8 Å². The van der Waals surface area contributed by atoms with E-state index in [1.807, 2.05) is 0 Å². The van der Waals surface area contributed by atoms with Crippen molar-refractivity contribution in [1.82, 2.24) is 0 Å². The second kappa shape index (κ2) is 7.15. The first-order chi connectivity index (χ1) is 10.6. The van der Waals surface area contributed by atoms with Crippen LogP contribution < -0.4 is 5.73 Å². The monoisotopic (exact) mass is 313 g/mol. The van der Waals surface area contributed by atoms with Gasteiger partial charge in [0, 0.05) is 6.04 Å². The third-order valence-electron chi connectivity index (χ3n) is 7.04. The average molecular weight is 313 g/mol.